The molecule has 1 unspecified atom stereocenters. The summed E-state index contributed by atoms with van der Waals surface area (Å²) in [5, 5.41) is 4.35. The van der Waals surface area contributed by atoms with Gasteiger partial charge in [-0.2, -0.15) is 0 Å². The van der Waals surface area contributed by atoms with Crippen molar-refractivity contribution in [3.8, 4) is 0 Å². The molecule has 0 radical (unpaired) electrons. The summed E-state index contributed by atoms with van der Waals surface area (Å²) in [6.07, 6.45) is 0.959. The lowest BCUT2D eigenvalue weighted by Gasteiger charge is -2.12. The molecule has 0 aliphatic heterocycles. The Kier molecular flexibility index (Phi) is 3.48. The zero-order valence-electron chi connectivity index (χ0n) is 10.6. The van der Waals surface area contributed by atoms with E-state index >= 15 is 0 Å². The Morgan fingerprint density at radius 3 is 2.76 bits per heavy atom. The number of aryl methyl sites for hydroxylation is 1. The molecule has 2 nitrogen and oxygen atoms in total. The van der Waals surface area contributed by atoms with Crippen LogP contribution in [0.3, 0.4) is 0 Å². The van der Waals surface area contributed by atoms with Gasteiger partial charge in [-0.25, -0.2) is 4.39 Å². The molecule has 0 saturated heterocycles. The second-order valence-corrected chi connectivity index (χ2v) is 4.48. The molecule has 92 valence electrons. The molecule has 1 aromatic carbocycles. The van der Waals surface area contributed by atoms with E-state index in [1.165, 1.54) is 11.8 Å². The summed E-state index contributed by atoms with van der Waals surface area (Å²) >= 11 is 0. The van der Waals surface area contributed by atoms with Crippen LogP contribution in [0.2, 0.25) is 0 Å². The molecule has 1 heterocycles. The van der Waals surface area contributed by atoms with Crippen molar-refractivity contribution in [3.63, 3.8) is 0 Å². The number of halogens is 1. The molecule has 0 saturated carbocycles. The fourth-order valence-electron chi connectivity index (χ4n) is 2.24. The summed E-state index contributed by atoms with van der Waals surface area (Å²) < 4.78 is 15.5. The van der Waals surface area contributed by atoms with Gasteiger partial charge in [-0.1, -0.05) is 0 Å². The fraction of sp³-hybridized carbons (Fsp3) is 0.429. The summed E-state index contributed by atoms with van der Waals surface area (Å²) in [6.45, 7) is 5.12. The van der Waals surface area contributed by atoms with Gasteiger partial charge in [0, 0.05) is 30.1 Å². The minimum Gasteiger partial charge on any atom is -0.345 e. The number of nitrogens with one attached hydrogen (secondary N) is 1. The highest BCUT2D eigenvalue weighted by molar-refractivity contribution is 5.81. The third-order valence-electron chi connectivity index (χ3n) is 3.28. The van der Waals surface area contributed by atoms with Crippen LogP contribution in [-0.4, -0.2) is 17.7 Å². The van der Waals surface area contributed by atoms with Gasteiger partial charge in [-0.3, -0.25) is 0 Å². The first-order chi connectivity index (χ1) is 8.15. The Hall–Kier alpha value is -1.35. The van der Waals surface area contributed by atoms with Crippen molar-refractivity contribution in [2.45, 2.75) is 32.9 Å². The number of benzene rings is 1. The molecule has 3 heteroatoms. The van der Waals surface area contributed by atoms with E-state index in [1.807, 2.05) is 13.1 Å². The zero-order chi connectivity index (χ0) is 12.4. The highest BCUT2D eigenvalue weighted by atomic mass is 19.1. The average Bonchev–Trinajstić information content (AvgIpc) is 2.65. The number of aromatic nitrogens is 1. The smallest absolute Gasteiger partial charge is 0.125 e. The Morgan fingerprint density at radius 2 is 2.12 bits per heavy atom. The van der Waals surface area contributed by atoms with Crippen molar-refractivity contribution in [1.29, 1.82) is 0 Å². The maximum absolute atomic E-state index is 13.3. The van der Waals surface area contributed by atoms with Gasteiger partial charge in [-0.05, 0) is 45.2 Å². The molecule has 17 heavy (non-hydrogen) atoms. The number of fused-ring (bicyclic) bond motifs is 1. The van der Waals surface area contributed by atoms with Crippen LogP contribution in [0, 0.1) is 5.82 Å². The van der Waals surface area contributed by atoms with Crippen molar-refractivity contribution in [1.82, 2.24) is 9.88 Å². The molecule has 0 amide bonds. The highest BCUT2D eigenvalue weighted by Crippen LogP contribution is 2.22. The van der Waals surface area contributed by atoms with Crippen molar-refractivity contribution in [2.24, 2.45) is 0 Å². The topological polar surface area (TPSA) is 17.0 Å². The van der Waals surface area contributed by atoms with E-state index in [0.717, 1.165) is 23.9 Å². The van der Waals surface area contributed by atoms with Crippen LogP contribution in [-0.2, 0) is 13.0 Å². The van der Waals surface area contributed by atoms with E-state index in [0.29, 0.717) is 6.04 Å². The Labute approximate surface area is 101 Å². The first-order valence-electron chi connectivity index (χ1n) is 6.10. The third-order valence-corrected chi connectivity index (χ3v) is 3.28. The minimum absolute atomic E-state index is 0.168. The monoisotopic (exact) mass is 234 g/mol. The van der Waals surface area contributed by atoms with Crippen molar-refractivity contribution in [3.05, 3.63) is 35.8 Å². The molecular weight excluding hydrogens is 215 g/mol. The van der Waals surface area contributed by atoms with E-state index in [4.69, 9.17) is 0 Å². The van der Waals surface area contributed by atoms with Crippen LogP contribution >= 0.6 is 0 Å². The largest absolute Gasteiger partial charge is 0.345 e. The standard InChI is InChI=1S/C14H19FN2/c1-4-17-13(7-10(2)16-3)8-11-5-6-12(15)9-14(11)17/h5-6,8-10,16H,4,7H2,1-3H3. The third kappa shape index (κ3) is 2.34. The van der Waals surface area contributed by atoms with Crippen LogP contribution < -0.4 is 5.32 Å². The Balaban J connectivity index is 2.48. The quantitative estimate of drug-likeness (QED) is 0.860. The molecule has 2 aromatic rings. The van der Waals surface area contributed by atoms with Crippen molar-refractivity contribution in [2.75, 3.05) is 7.05 Å². The normalized spacial score (nSPS) is 13.2. The summed E-state index contributed by atoms with van der Waals surface area (Å²) in [5.41, 5.74) is 2.25. The van der Waals surface area contributed by atoms with Gasteiger partial charge in [0.05, 0.1) is 5.52 Å². The second kappa shape index (κ2) is 4.88. The van der Waals surface area contributed by atoms with E-state index < -0.39 is 0 Å². The van der Waals surface area contributed by atoms with Crippen LogP contribution in [0.4, 0.5) is 4.39 Å². The number of rotatable bonds is 4. The van der Waals surface area contributed by atoms with Crippen molar-refractivity contribution >= 4 is 10.9 Å². The summed E-state index contributed by atoms with van der Waals surface area (Å²) in [6, 6.07) is 7.57. The van der Waals surface area contributed by atoms with Gasteiger partial charge in [0.1, 0.15) is 5.82 Å². The molecule has 1 N–H and O–H groups in total. The molecule has 2 rings (SSSR count). The van der Waals surface area contributed by atoms with E-state index in [1.54, 1.807) is 6.07 Å². The number of hydrogen-bond donors (Lipinski definition) is 1. The number of hydrogen-bond acceptors (Lipinski definition) is 1. The summed E-state index contributed by atoms with van der Waals surface area (Å²) in [7, 11) is 1.96. The van der Waals surface area contributed by atoms with Crippen LogP contribution in [0.25, 0.3) is 10.9 Å². The first-order valence-corrected chi connectivity index (χ1v) is 6.10. The molecule has 0 aliphatic carbocycles. The van der Waals surface area contributed by atoms with Gasteiger partial charge in [-0.15, -0.1) is 0 Å². The molecule has 1 aromatic heterocycles. The highest BCUT2D eigenvalue weighted by Gasteiger charge is 2.10. The maximum Gasteiger partial charge on any atom is 0.125 e. The number of likely N-dealkylation sites (N-methyl/N-ethyl adjacent to an activating group) is 1. The lowest BCUT2D eigenvalue weighted by molar-refractivity contribution is 0.580. The molecule has 0 aliphatic rings. The molecule has 1 atom stereocenters. The fourth-order valence-corrected chi connectivity index (χ4v) is 2.24. The van der Waals surface area contributed by atoms with Crippen molar-refractivity contribution < 1.29 is 4.39 Å². The van der Waals surface area contributed by atoms with Gasteiger partial charge in [0.25, 0.3) is 0 Å². The molecular formula is C14H19FN2. The Bertz CT molecular complexity index is 516. The van der Waals surface area contributed by atoms with E-state index in [9.17, 15) is 4.39 Å². The lowest BCUT2D eigenvalue weighted by atomic mass is 10.2. The predicted molar refractivity (Wildman–Crippen MR) is 69.8 cm³/mol. The molecule has 0 bridgehead atoms. The minimum atomic E-state index is -0.168. The second-order valence-electron chi connectivity index (χ2n) is 4.48. The van der Waals surface area contributed by atoms with Crippen LogP contribution in [0.1, 0.15) is 19.5 Å². The van der Waals surface area contributed by atoms with Gasteiger partial charge < -0.3 is 9.88 Å². The lowest BCUT2D eigenvalue weighted by Crippen LogP contribution is -2.24. The van der Waals surface area contributed by atoms with E-state index in [-0.39, 0.29) is 5.82 Å². The first kappa shape index (κ1) is 12.1. The van der Waals surface area contributed by atoms with Crippen LogP contribution in [0.15, 0.2) is 24.3 Å². The van der Waals surface area contributed by atoms with E-state index in [2.05, 4.69) is 29.8 Å². The Morgan fingerprint density at radius 1 is 1.35 bits per heavy atom. The summed E-state index contributed by atoms with van der Waals surface area (Å²) in [4.78, 5) is 0. The van der Waals surface area contributed by atoms with Crippen LogP contribution in [0.5, 0.6) is 0 Å². The zero-order valence-corrected chi connectivity index (χ0v) is 10.6. The summed E-state index contributed by atoms with van der Waals surface area (Å²) in [5.74, 6) is -0.168. The van der Waals surface area contributed by atoms with Gasteiger partial charge in [0.2, 0.25) is 0 Å². The predicted octanol–water partition coefficient (Wildman–Crippen LogP) is 2.95. The SMILES string of the molecule is CCn1c(CC(C)NC)cc2ccc(F)cc21. The average molecular weight is 234 g/mol. The van der Waals surface area contributed by atoms with Gasteiger partial charge in [0.15, 0.2) is 0 Å². The number of nitrogens with zero attached hydrogens (tertiary/aromatic N) is 1. The molecule has 0 spiro atoms. The van der Waals surface area contributed by atoms with Gasteiger partial charge >= 0.3 is 0 Å². The molecule has 0 fully saturated rings. The maximum atomic E-state index is 13.3.